The number of β-lactam (4-membered cyclic amide) rings is 1. The van der Waals surface area contributed by atoms with E-state index in [0.29, 0.717) is 5.56 Å². The molecule has 2 N–H and O–H groups in total. The van der Waals surface area contributed by atoms with E-state index < -0.39 is 45.1 Å². The summed E-state index contributed by atoms with van der Waals surface area (Å²) in [6.45, 7) is 8.52. The highest BCUT2D eigenvalue weighted by Gasteiger charge is 2.56. The van der Waals surface area contributed by atoms with Crippen LogP contribution in [-0.2, 0) is 18.8 Å². The largest absolute Gasteiger partial charge is 0.457 e. The van der Waals surface area contributed by atoms with Crippen LogP contribution in [0.4, 0.5) is 0 Å². The van der Waals surface area contributed by atoms with E-state index >= 15 is 0 Å². The first-order valence-electron chi connectivity index (χ1n) is 16.6. The molecule has 0 aromatic heterocycles. The molecule has 3 atom stereocenters. The van der Waals surface area contributed by atoms with Crippen molar-refractivity contribution in [1.82, 2.24) is 4.90 Å². The van der Waals surface area contributed by atoms with Crippen LogP contribution in [0.15, 0.2) is 128 Å². The fourth-order valence-corrected chi connectivity index (χ4v) is 12.3. The molecule has 0 saturated carbocycles. The van der Waals surface area contributed by atoms with Gasteiger partial charge in [0, 0.05) is 24.4 Å². The Balaban J connectivity index is 1.82. The molecule has 1 fully saturated rings. The van der Waals surface area contributed by atoms with Crippen LogP contribution in [0.5, 0.6) is 0 Å². The summed E-state index contributed by atoms with van der Waals surface area (Å²) >= 11 is 0. The van der Waals surface area contributed by atoms with Gasteiger partial charge in [0.2, 0.25) is 11.8 Å². The summed E-state index contributed by atoms with van der Waals surface area (Å²) in [5.41, 5.74) is 6.26. The van der Waals surface area contributed by atoms with Crippen molar-refractivity contribution in [2.45, 2.75) is 45.1 Å². The minimum atomic E-state index is -3.17. The molecular formula is C40H43N2O6PSi. The summed E-state index contributed by atoms with van der Waals surface area (Å²) < 4.78 is 12.3. The highest BCUT2D eigenvalue weighted by Crippen LogP contribution is 2.50. The van der Waals surface area contributed by atoms with Gasteiger partial charge >= 0.3 is 5.97 Å². The topological polar surface area (TPSA) is 116 Å². The first-order chi connectivity index (χ1) is 23.9. The van der Waals surface area contributed by atoms with E-state index in [1.54, 1.807) is 12.1 Å². The van der Waals surface area contributed by atoms with Crippen molar-refractivity contribution in [2.24, 2.45) is 11.7 Å². The van der Waals surface area contributed by atoms with Crippen LogP contribution in [0, 0.1) is 5.92 Å². The van der Waals surface area contributed by atoms with Crippen LogP contribution in [0.2, 0.25) is 19.6 Å². The molecule has 8 nitrogen and oxygen atoms in total. The third-order valence-corrected chi connectivity index (χ3v) is 14.0. The summed E-state index contributed by atoms with van der Waals surface area (Å²) in [5, 5.41) is 2.54. The van der Waals surface area contributed by atoms with E-state index in [2.05, 4.69) is 6.58 Å². The van der Waals surface area contributed by atoms with Gasteiger partial charge in [0.05, 0.1) is 18.1 Å². The lowest BCUT2D eigenvalue weighted by Crippen LogP contribution is -2.69. The Labute approximate surface area is 295 Å². The molecule has 10 heteroatoms. The monoisotopic (exact) mass is 706 g/mol. The van der Waals surface area contributed by atoms with Gasteiger partial charge in [0.1, 0.15) is 12.0 Å². The number of hydrogen-bond donors (Lipinski definition) is 1. The Kier molecular flexibility index (Phi) is 11.2. The van der Waals surface area contributed by atoms with Gasteiger partial charge in [-0.15, -0.1) is 0 Å². The lowest BCUT2D eigenvalue weighted by atomic mass is 9.79. The standard InChI is InChI=1S/C40H43N2O6PSi/c1-6-26-47-40(46)39(49(31-16-10-7-11-17-31,32-18-12-8-13-19-32)33-20-14-9-15-21-33)42-34(36(38(42)45)28(2)48-50(3,4)5)27-35(43)29-22-24-30(25-23-29)37(41)44/h6-25,28,34,36H,1,26-27H2,2-5H3,(H2,41,44)/t28-,34-,36-/m1/s1. The molecule has 50 heavy (non-hydrogen) atoms. The van der Waals surface area contributed by atoms with Gasteiger partial charge in [-0.05, 0) is 54.6 Å². The summed E-state index contributed by atoms with van der Waals surface area (Å²) in [4.78, 5) is 56.8. The van der Waals surface area contributed by atoms with Crippen molar-refractivity contribution < 1.29 is 28.3 Å². The fourth-order valence-electron chi connectivity index (χ4n) is 6.68. The van der Waals surface area contributed by atoms with Gasteiger partial charge < -0.3 is 19.8 Å². The zero-order valence-corrected chi connectivity index (χ0v) is 30.7. The number of ether oxygens (including phenoxy) is 1. The number of primary amides is 1. The second-order valence-electron chi connectivity index (χ2n) is 13.2. The molecule has 4 aromatic rings. The zero-order chi connectivity index (χ0) is 36.1. The Bertz CT molecular complexity index is 1820. The SMILES string of the molecule is C=CCOC(=O)C(N1C(=O)[C@H]([C@@H](C)O[Si](C)(C)C)[C@H]1CC(=O)c1ccc(C(N)=O)cc1)=P(c1ccccc1)(c1ccccc1)c1ccccc1. The number of esters is 1. The maximum absolute atomic E-state index is 14.8. The molecule has 1 saturated heterocycles. The molecule has 5 rings (SSSR count). The number of nitrogens with zero attached hydrogens (tertiary/aromatic N) is 1. The third kappa shape index (κ3) is 7.36. The number of amides is 2. The van der Waals surface area contributed by atoms with Crippen molar-refractivity contribution in [2.75, 3.05) is 6.61 Å². The maximum atomic E-state index is 14.8. The van der Waals surface area contributed by atoms with E-state index in [9.17, 15) is 19.2 Å². The zero-order valence-electron chi connectivity index (χ0n) is 28.8. The lowest BCUT2D eigenvalue weighted by molar-refractivity contribution is -0.156. The minimum Gasteiger partial charge on any atom is -0.457 e. The highest BCUT2D eigenvalue weighted by molar-refractivity contribution is 7.96. The number of rotatable bonds is 14. The van der Waals surface area contributed by atoms with Crippen LogP contribution in [0.1, 0.15) is 34.1 Å². The molecule has 1 aliphatic heterocycles. The van der Waals surface area contributed by atoms with Crippen LogP contribution in [0.3, 0.4) is 0 Å². The van der Waals surface area contributed by atoms with Crippen molar-refractivity contribution >= 4 is 60.1 Å². The average Bonchev–Trinajstić information content (AvgIpc) is 3.10. The van der Waals surface area contributed by atoms with Gasteiger partial charge in [-0.3, -0.25) is 14.4 Å². The minimum absolute atomic E-state index is 0.0723. The number of likely N-dealkylation sites (tertiary alicyclic amines) is 1. The van der Waals surface area contributed by atoms with Crippen LogP contribution in [0.25, 0.3) is 0 Å². The van der Waals surface area contributed by atoms with Gasteiger partial charge in [0.15, 0.2) is 14.1 Å². The number of carbonyl (C=O) groups excluding carboxylic acids is 4. The average molecular weight is 707 g/mol. The van der Waals surface area contributed by atoms with Gasteiger partial charge in [-0.25, -0.2) is 4.79 Å². The fraction of sp³-hybridized carbons (Fsp3) is 0.225. The highest BCUT2D eigenvalue weighted by atomic mass is 31.2. The van der Waals surface area contributed by atoms with Gasteiger partial charge in [-0.1, -0.05) is 116 Å². The van der Waals surface area contributed by atoms with Crippen LogP contribution < -0.4 is 21.6 Å². The molecule has 0 radical (unpaired) electrons. The predicted octanol–water partition coefficient (Wildman–Crippen LogP) is 5.28. The summed E-state index contributed by atoms with van der Waals surface area (Å²) in [7, 11) is -2.13. The second-order valence-corrected chi connectivity index (χ2v) is 21.0. The quantitative estimate of drug-likeness (QED) is 0.0477. The molecular weight excluding hydrogens is 664 g/mol. The molecule has 0 bridgehead atoms. The number of hydrogen-bond acceptors (Lipinski definition) is 6. The molecule has 1 aliphatic rings. The lowest BCUT2D eigenvalue weighted by Gasteiger charge is -2.52. The summed E-state index contributed by atoms with van der Waals surface area (Å²) in [6, 6.07) is 34.5. The van der Waals surface area contributed by atoms with Gasteiger partial charge in [-0.2, -0.15) is 0 Å². The normalized spacial score (nSPS) is 16.6. The number of nitrogens with two attached hydrogens (primary N) is 1. The van der Waals surface area contributed by atoms with E-state index in [1.807, 2.05) is 118 Å². The van der Waals surface area contributed by atoms with Crippen LogP contribution in [-0.4, -0.2) is 61.0 Å². The summed E-state index contributed by atoms with van der Waals surface area (Å²) in [6.07, 6.45) is 0.871. The Morgan fingerprint density at radius 1 is 0.820 bits per heavy atom. The summed E-state index contributed by atoms with van der Waals surface area (Å²) in [5.74, 6) is -2.53. The predicted molar refractivity (Wildman–Crippen MR) is 203 cm³/mol. The number of benzene rings is 4. The molecule has 4 aromatic carbocycles. The molecule has 0 spiro atoms. The van der Waals surface area contributed by atoms with Crippen LogP contribution >= 0.6 is 6.89 Å². The molecule has 0 unspecified atom stereocenters. The third-order valence-electron chi connectivity index (χ3n) is 8.69. The molecule has 0 aliphatic carbocycles. The second kappa shape index (κ2) is 15.4. The van der Waals surface area contributed by atoms with Crippen molar-refractivity contribution in [3.8, 4) is 0 Å². The smallest absolute Gasteiger partial charge is 0.356 e. The van der Waals surface area contributed by atoms with Crippen molar-refractivity contribution in [3.05, 3.63) is 139 Å². The first kappa shape index (κ1) is 36.5. The first-order valence-corrected chi connectivity index (χ1v) is 21.7. The van der Waals surface area contributed by atoms with Gasteiger partial charge in [0.25, 0.3) is 0 Å². The van der Waals surface area contributed by atoms with E-state index in [-0.39, 0.29) is 35.7 Å². The van der Waals surface area contributed by atoms with E-state index in [1.165, 1.54) is 23.1 Å². The van der Waals surface area contributed by atoms with E-state index in [0.717, 1.165) is 15.9 Å². The maximum Gasteiger partial charge on any atom is 0.356 e. The Morgan fingerprint density at radius 2 is 1.28 bits per heavy atom. The number of Topliss-reactive ketones (excluding diaryl/α,β-unsaturated/α-hetero) is 1. The molecule has 1 heterocycles. The van der Waals surface area contributed by atoms with Crippen molar-refractivity contribution in [3.63, 3.8) is 0 Å². The number of ketones is 1. The Morgan fingerprint density at radius 3 is 1.70 bits per heavy atom. The number of carbonyl (C=O) groups is 4. The van der Waals surface area contributed by atoms with E-state index in [4.69, 9.17) is 14.9 Å². The Hall–Kier alpha value is -4.82. The van der Waals surface area contributed by atoms with Crippen molar-refractivity contribution in [1.29, 1.82) is 0 Å². The molecule has 258 valence electrons. The molecule has 2 amide bonds.